The topological polar surface area (TPSA) is 90.7 Å². The standard InChI is InChI=1S/C18H16ClF3N2O4/c19-12-3-6-14(15(8-12)28-10-18(20,21)22)24-17(26)9-27-13-4-1-11(2-5-13)7-16(23)25/h1-6,8H,7,9-10H2,(H2,23,25)(H,24,26). The molecule has 0 aliphatic rings. The van der Waals surface area contributed by atoms with Crippen LogP contribution in [0.1, 0.15) is 5.56 Å². The third kappa shape index (κ3) is 7.36. The molecule has 2 aromatic carbocycles. The summed E-state index contributed by atoms with van der Waals surface area (Å²) in [6, 6.07) is 10.3. The number of amides is 2. The van der Waals surface area contributed by atoms with Crippen LogP contribution < -0.4 is 20.5 Å². The average molecular weight is 417 g/mol. The van der Waals surface area contributed by atoms with Crippen molar-refractivity contribution < 1.29 is 32.2 Å². The molecule has 0 aliphatic heterocycles. The number of alkyl halides is 3. The molecule has 0 fully saturated rings. The van der Waals surface area contributed by atoms with Gasteiger partial charge in [0.2, 0.25) is 5.91 Å². The Bertz CT molecular complexity index is 842. The quantitative estimate of drug-likeness (QED) is 0.690. The fourth-order valence-corrected chi connectivity index (χ4v) is 2.28. The van der Waals surface area contributed by atoms with Gasteiger partial charge in [0.1, 0.15) is 11.5 Å². The van der Waals surface area contributed by atoms with Crippen LogP contribution in [0, 0.1) is 0 Å². The maximum Gasteiger partial charge on any atom is 0.422 e. The van der Waals surface area contributed by atoms with Gasteiger partial charge in [-0.15, -0.1) is 0 Å². The van der Waals surface area contributed by atoms with Gasteiger partial charge in [0.15, 0.2) is 13.2 Å². The predicted molar refractivity (Wildman–Crippen MR) is 96.5 cm³/mol. The maximum atomic E-state index is 12.4. The largest absolute Gasteiger partial charge is 0.484 e. The van der Waals surface area contributed by atoms with Crippen molar-refractivity contribution in [2.75, 3.05) is 18.5 Å². The number of carbonyl (C=O) groups excluding carboxylic acids is 2. The van der Waals surface area contributed by atoms with Gasteiger partial charge >= 0.3 is 6.18 Å². The second kappa shape index (κ2) is 9.32. The highest BCUT2D eigenvalue weighted by molar-refractivity contribution is 6.30. The molecule has 0 saturated carbocycles. The van der Waals surface area contributed by atoms with Gasteiger partial charge in [0.05, 0.1) is 12.1 Å². The molecule has 2 aromatic rings. The van der Waals surface area contributed by atoms with Crippen molar-refractivity contribution >= 4 is 29.1 Å². The Kier molecular flexibility index (Phi) is 7.11. The minimum Gasteiger partial charge on any atom is -0.484 e. The van der Waals surface area contributed by atoms with Crippen LogP contribution in [0.5, 0.6) is 11.5 Å². The van der Waals surface area contributed by atoms with Gasteiger partial charge in [-0.3, -0.25) is 9.59 Å². The Labute approximate surface area is 163 Å². The van der Waals surface area contributed by atoms with Crippen molar-refractivity contribution in [3.63, 3.8) is 0 Å². The van der Waals surface area contributed by atoms with E-state index in [1.165, 1.54) is 18.2 Å². The fourth-order valence-electron chi connectivity index (χ4n) is 2.12. The Hall–Kier alpha value is -2.94. The molecule has 0 radical (unpaired) electrons. The first-order valence-corrected chi connectivity index (χ1v) is 8.29. The molecule has 0 unspecified atom stereocenters. The minimum absolute atomic E-state index is 0.0269. The lowest BCUT2D eigenvalue weighted by Crippen LogP contribution is -2.22. The Morgan fingerprint density at radius 1 is 1.07 bits per heavy atom. The first-order valence-electron chi connectivity index (χ1n) is 7.91. The van der Waals surface area contributed by atoms with E-state index in [0.29, 0.717) is 11.3 Å². The first-order chi connectivity index (χ1) is 13.1. The zero-order chi connectivity index (χ0) is 20.7. The molecule has 10 heteroatoms. The van der Waals surface area contributed by atoms with Gasteiger partial charge in [-0.1, -0.05) is 23.7 Å². The summed E-state index contributed by atoms with van der Waals surface area (Å²) in [5.74, 6) is -0.929. The number of nitrogens with two attached hydrogens (primary N) is 1. The lowest BCUT2D eigenvalue weighted by Gasteiger charge is -2.14. The SMILES string of the molecule is NC(=O)Cc1ccc(OCC(=O)Nc2ccc(Cl)cc2OCC(F)(F)F)cc1. The molecule has 0 saturated heterocycles. The number of hydrogen-bond donors (Lipinski definition) is 2. The van der Waals surface area contributed by atoms with Crippen LogP contribution in [-0.2, 0) is 16.0 Å². The average Bonchev–Trinajstić information content (AvgIpc) is 2.60. The molecule has 150 valence electrons. The van der Waals surface area contributed by atoms with E-state index < -0.39 is 31.2 Å². The summed E-state index contributed by atoms with van der Waals surface area (Å²) in [5, 5.41) is 2.56. The van der Waals surface area contributed by atoms with E-state index in [9.17, 15) is 22.8 Å². The molecule has 0 aromatic heterocycles. The van der Waals surface area contributed by atoms with E-state index in [4.69, 9.17) is 22.1 Å². The predicted octanol–water partition coefficient (Wildman–Crippen LogP) is 3.33. The summed E-state index contributed by atoms with van der Waals surface area (Å²) in [4.78, 5) is 22.9. The molecule has 6 nitrogen and oxygen atoms in total. The number of carbonyl (C=O) groups is 2. The molecule has 2 rings (SSSR count). The van der Waals surface area contributed by atoms with Crippen LogP contribution in [0.2, 0.25) is 5.02 Å². The highest BCUT2D eigenvalue weighted by Crippen LogP contribution is 2.30. The summed E-state index contributed by atoms with van der Waals surface area (Å²) in [6.45, 7) is -1.92. The first kappa shape index (κ1) is 21.4. The highest BCUT2D eigenvalue weighted by atomic mass is 35.5. The van der Waals surface area contributed by atoms with E-state index >= 15 is 0 Å². The van der Waals surface area contributed by atoms with Gasteiger partial charge < -0.3 is 20.5 Å². The van der Waals surface area contributed by atoms with Crippen LogP contribution >= 0.6 is 11.6 Å². The summed E-state index contributed by atoms with van der Waals surface area (Å²) in [6.07, 6.45) is -4.45. The van der Waals surface area contributed by atoms with Crippen molar-refractivity contribution in [2.45, 2.75) is 12.6 Å². The zero-order valence-corrected chi connectivity index (χ0v) is 15.1. The molecule has 0 aliphatic carbocycles. The van der Waals surface area contributed by atoms with Crippen molar-refractivity contribution in [2.24, 2.45) is 5.73 Å². The molecular formula is C18H16ClF3N2O4. The van der Waals surface area contributed by atoms with E-state index in [1.54, 1.807) is 24.3 Å². The van der Waals surface area contributed by atoms with Crippen LogP contribution in [0.3, 0.4) is 0 Å². The Morgan fingerprint density at radius 2 is 1.75 bits per heavy atom. The second-order valence-electron chi connectivity index (χ2n) is 5.67. The van der Waals surface area contributed by atoms with Gasteiger partial charge in [0.25, 0.3) is 5.91 Å². The molecule has 0 spiro atoms. The van der Waals surface area contributed by atoms with E-state index in [1.807, 2.05) is 0 Å². The van der Waals surface area contributed by atoms with Gasteiger partial charge in [-0.25, -0.2) is 0 Å². The molecule has 2 amide bonds. The van der Waals surface area contributed by atoms with Crippen LogP contribution in [0.15, 0.2) is 42.5 Å². The van der Waals surface area contributed by atoms with Crippen molar-refractivity contribution in [1.82, 2.24) is 0 Å². The van der Waals surface area contributed by atoms with Crippen molar-refractivity contribution in [3.05, 3.63) is 53.1 Å². The summed E-state index contributed by atoms with van der Waals surface area (Å²) < 4.78 is 47.0. The smallest absolute Gasteiger partial charge is 0.422 e. The van der Waals surface area contributed by atoms with Crippen LogP contribution in [0.25, 0.3) is 0 Å². The monoisotopic (exact) mass is 416 g/mol. The fraction of sp³-hybridized carbons (Fsp3) is 0.222. The zero-order valence-electron chi connectivity index (χ0n) is 14.4. The molecule has 0 atom stereocenters. The normalized spacial score (nSPS) is 11.0. The van der Waals surface area contributed by atoms with Crippen LogP contribution in [0.4, 0.5) is 18.9 Å². The number of anilines is 1. The summed E-state index contributed by atoms with van der Waals surface area (Å²) in [5.41, 5.74) is 5.82. The Morgan fingerprint density at radius 3 is 2.36 bits per heavy atom. The van der Waals surface area contributed by atoms with Gasteiger partial charge in [-0.05, 0) is 29.8 Å². The number of rotatable bonds is 8. The van der Waals surface area contributed by atoms with Gasteiger partial charge in [-0.2, -0.15) is 13.2 Å². The van der Waals surface area contributed by atoms with Crippen molar-refractivity contribution in [3.8, 4) is 11.5 Å². The highest BCUT2D eigenvalue weighted by Gasteiger charge is 2.29. The number of halogens is 4. The second-order valence-corrected chi connectivity index (χ2v) is 6.10. The number of nitrogens with one attached hydrogen (secondary N) is 1. The minimum atomic E-state index is -4.53. The number of benzene rings is 2. The third-order valence-electron chi connectivity index (χ3n) is 3.28. The number of hydrogen-bond acceptors (Lipinski definition) is 4. The Balaban J connectivity index is 1.94. The molecule has 28 heavy (non-hydrogen) atoms. The van der Waals surface area contributed by atoms with Gasteiger partial charge in [0, 0.05) is 11.1 Å². The number of ether oxygens (including phenoxy) is 2. The molecule has 3 N–H and O–H groups in total. The summed E-state index contributed by atoms with van der Waals surface area (Å²) in [7, 11) is 0. The van der Waals surface area contributed by atoms with E-state index in [-0.39, 0.29) is 22.9 Å². The third-order valence-corrected chi connectivity index (χ3v) is 3.52. The van der Waals surface area contributed by atoms with E-state index in [0.717, 1.165) is 0 Å². The summed E-state index contributed by atoms with van der Waals surface area (Å²) >= 11 is 5.76. The molecule has 0 bridgehead atoms. The lowest BCUT2D eigenvalue weighted by atomic mass is 10.1. The van der Waals surface area contributed by atoms with Crippen LogP contribution in [-0.4, -0.2) is 31.2 Å². The lowest BCUT2D eigenvalue weighted by molar-refractivity contribution is -0.153. The number of primary amides is 1. The molecular weight excluding hydrogens is 401 g/mol. The maximum absolute atomic E-state index is 12.4. The van der Waals surface area contributed by atoms with E-state index in [2.05, 4.69) is 10.1 Å². The van der Waals surface area contributed by atoms with Crippen molar-refractivity contribution in [1.29, 1.82) is 0 Å². The molecule has 0 heterocycles.